The molecule has 7 nitrogen and oxygen atoms in total. The largest absolute Gasteiger partial charge is 0.508 e. The number of hydrogen-bond donors (Lipinski definition) is 2. The first kappa shape index (κ1) is 10.6. The van der Waals surface area contributed by atoms with Crippen molar-refractivity contribution >= 4 is 16.6 Å². The van der Waals surface area contributed by atoms with Gasteiger partial charge in [0.05, 0.1) is 0 Å². The van der Waals surface area contributed by atoms with Gasteiger partial charge in [-0.05, 0) is 16.3 Å². The molecule has 0 saturated carbocycles. The lowest BCUT2D eigenvalue weighted by atomic mass is 10.3. The quantitative estimate of drug-likeness (QED) is 0.259. The number of rotatable bonds is 3. The van der Waals surface area contributed by atoms with Crippen LogP contribution in [0.1, 0.15) is 0 Å². The number of aromatic hydroxyl groups is 1. The summed E-state index contributed by atoms with van der Waals surface area (Å²) in [5.74, 6) is 0.00607. The van der Waals surface area contributed by atoms with E-state index in [-0.39, 0.29) is 5.75 Å². The number of hydrogen-bond acceptors (Lipinski definition) is 7. The van der Waals surface area contributed by atoms with Gasteiger partial charge in [0.25, 0.3) is 10.9 Å². The Bertz CT molecular complexity index is 422. The van der Waals surface area contributed by atoms with Crippen molar-refractivity contribution in [2.24, 2.45) is 5.11 Å². The zero-order chi connectivity index (χ0) is 10.4. The summed E-state index contributed by atoms with van der Waals surface area (Å²) in [7, 11) is -2.22. The van der Waals surface area contributed by atoms with Crippen LogP contribution in [0.25, 0.3) is 0 Å². The van der Waals surface area contributed by atoms with Gasteiger partial charge in [-0.1, -0.05) is 11.1 Å². The molecule has 76 valence electrons. The molecule has 0 atom stereocenters. The molecule has 1 aromatic rings. The first-order chi connectivity index (χ1) is 6.72. The van der Waals surface area contributed by atoms with Crippen LogP contribution in [-0.4, -0.2) is 10.4 Å². The summed E-state index contributed by atoms with van der Waals surface area (Å²) in [6.45, 7) is 0. The van der Waals surface area contributed by atoms with Crippen molar-refractivity contribution in [3.05, 3.63) is 24.3 Å². The fourth-order valence-corrected chi connectivity index (χ4v) is 0.916. The van der Waals surface area contributed by atoms with E-state index < -0.39 is 10.9 Å². The summed E-state index contributed by atoms with van der Waals surface area (Å²) in [6.07, 6.45) is 0. The first-order valence-corrected chi connectivity index (χ1v) is 4.37. The number of phenols is 1. The highest BCUT2D eigenvalue weighted by atomic mass is 32.2. The molecule has 0 aliphatic rings. The minimum absolute atomic E-state index is 0.00607. The molecule has 8 heteroatoms. The Balaban J connectivity index is 2.88. The van der Waals surface area contributed by atoms with E-state index in [1.807, 2.05) is 0 Å². The van der Waals surface area contributed by atoms with Crippen LogP contribution in [0.4, 0.5) is 5.69 Å². The number of nitrogens with zero attached hydrogens (tertiary/aromatic N) is 2. The average molecular weight is 218 g/mol. The second kappa shape index (κ2) is 5.32. The molecule has 0 amide bonds. The van der Waals surface area contributed by atoms with Gasteiger partial charge in [-0.3, -0.25) is 0 Å². The summed E-state index contributed by atoms with van der Waals surface area (Å²) in [4.78, 5) is 0. The highest BCUT2D eigenvalue weighted by Crippen LogP contribution is 2.16. The van der Waals surface area contributed by atoms with Crippen LogP contribution in [0.3, 0.4) is 0 Å². The van der Waals surface area contributed by atoms with Crippen molar-refractivity contribution in [1.82, 2.24) is 4.16 Å². The maximum Gasteiger partial charge on any atom is 0.297 e. The molecule has 2 N–H and O–H groups in total. The van der Waals surface area contributed by atoms with Crippen molar-refractivity contribution in [3.8, 4) is 5.75 Å². The van der Waals surface area contributed by atoms with E-state index >= 15 is 0 Å². The molecular formula is C6H6N2O5S. The lowest BCUT2D eigenvalue weighted by molar-refractivity contribution is -0.434. The number of benzene rings is 1. The van der Waals surface area contributed by atoms with E-state index in [4.69, 9.17) is 10.4 Å². The van der Waals surface area contributed by atoms with E-state index in [1.54, 1.807) is 0 Å². The second-order valence-corrected chi connectivity index (χ2v) is 2.79. The molecule has 0 aromatic heterocycles. The molecule has 1 rings (SSSR count). The van der Waals surface area contributed by atoms with Gasteiger partial charge in [0, 0.05) is 6.07 Å². The lowest BCUT2D eigenvalue weighted by Crippen LogP contribution is -1.86. The Hall–Kier alpha value is -1.44. The molecule has 0 spiro atoms. The Labute approximate surface area is 80.5 Å². The topological polar surface area (TPSA) is 102 Å². The van der Waals surface area contributed by atoms with Crippen LogP contribution in [0, 0.1) is 0 Å². The minimum atomic E-state index is -2.22. The Morgan fingerprint density at radius 1 is 1.50 bits per heavy atom. The van der Waals surface area contributed by atoms with Gasteiger partial charge in [0.1, 0.15) is 16.6 Å². The fraction of sp³-hybridized carbons (Fsp3) is 0. The maximum atomic E-state index is 10.6. The van der Waals surface area contributed by atoms with Crippen LogP contribution >= 0.6 is 0 Å². The van der Waals surface area contributed by atoms with Gasteiger partial charge < -0.3 is 9.32 Å². The van der Waals surface area contributed by atoms with Gasteiger partial charge in [-0.25, -0.2) is 9.59 Å². The van der Waals surface area contributed by atoms with Crippen molar-refractivity contribution in [1.29, 1.82) is 0 Å². The van der Waals surface area contributed by atoms with Crippen LogP contribution < -0.4 is 4.16 Å². The monoisotopic (exact) mass is 218 g/mol. The molecule has 1 aromatic carbocycles. The van der Waals surface area contributed by atoms with Gasteiger partial charge >= 0.3 is 0 Å². The molecule has 0 saturated heterocycles. The smallest absolute Gasteiger partial charge is 0.297 e. The van der Waals surface area contributed by atoms with Gasteiger partial charge in [0.2, 0.25) is 0 Å². The van der Waals surface area contributed by atoms with Crippen molar-refractivity contribution in [2.45, 2.75) is 0 Å². The second-order valence-electron chi connectivity index (χ2n) is 2.06. The zero-order valence-electron chi connectivity index (χ0n) is 6.73. The fourth-order valence-electron chi connectivity index (χ4n) is 0.675. The molecule has 0 unspecified atom stereocenters. The molecule has 14 heavy (non-hydrogen) atoms. The minimum Gasteiger partial charge on any atom is -0.508 e. The van der Waals surface area contributed by atoms with E-state index in [0.29, 0.717) is 5.69 Å². The predicted molar refractivity (Wildman–Crippen MR) is 45.2 cm³/mol. The van der Waals surface area contributed by atoms with Crippen LogP contribution in [0.5, 0.6) is 5.75 Å². The van der Waals surface area contributed by atoms with Crippen molar-refractivity contribution in [3.63, 3.8) is 0 Å². The Morgan fingerprint density at radius 2 is 2.29 bits per heavy atom. The molecular weight excluding hydrogens is 212 g/mol. The zero-order valence-corrected chi connectivity index (χ0v) is 7.55. The van der Waals surface area contributed by atoms with Gasteiger partial charge in [-0.15, -0.1) is 0 Å². The molecule has 0 heterocycles. The average Bonchev–Trinajstić information content (AvgIpc) is 2.15. The highest BCUT2D eigenvalue weighted by molar-refractivity contribution is 7.68. The first-order valence-electron chi connectivity index (χ1n) is 3.33. The summed E-state index contributed by atoms with van der Waals surface area (Å²) >= 11 is 0. The molecule has 0 fully saturated rings. The molecule has 0 radical (unpaired) electrons. The van der Waals surface area contributed by atoms with Crippen LogP contribution in [0.2, 0.25) is 0 Å². The number of phenolic OH excluding ortho intramolecular Hbond substituents is 1. The standard InChI is InChI=1S/C6H6N2O5S/c9-6-3-1-2-5(4-6)7-8-14(11)13-12-10/h1-4,9-10H. The Kier molecular flexibility index (Phi) is 4.05. The Morgan fingerprint density at radius 3 is 2.93 bits per heavy atom. The van der Waals surface area contributed by atoms with Crippen molar-refractivity contribution in [2.75, 3.05) is 0 Å². The highest BCUT2D eigenvalue weighted by Gasteiger charge is 1.94. The van der Waals surface area contributed by atoms with E-state index in [1.165, 1.54) is 24.3 Å². The molecule has 0 aliphatic carbocycles. The van der Waals surface area contributed by atoms with Crippen molar-refractivity contribution < 1.29 is 23.9 Å². The van der Waals surface area contributed by atoms with E-state index in [0.717, 1.165) is 0 Å². The lowest BCUT2D eigenvalue weighted by Gasteiger charge is -1.87. The third-order valence-electron chi connectivity index (χ3n) is 1.14. The third kappa shape index (κ3) is 3.52. The summed E-state index contributed by atoms with van der Waals surface area (Å²) in [5, 5.41) is 23.3. The maximum absolute atomic E-state index is 10.6. The van der Waals surface area contributed by atoms with E-state index in [2.05, 4.69) is 18.6 Å². The molecule has 0 bridgehead atoms. The predicted octanol–water partition coefficient (Wildman–Crippen LogP) is 1.03. The van der Waals surface area contributed by atoms with E-state index in [9.17, 15) is 4.21 Å². The van der Waals surface area contributed by atoms with Crippen LogP contribution in [-0.2, 0) is 24.5 Å². The molecule has 0 aliphatic heterocycles. The summed E-state index contributed by atoms with van der Waals surface area (Å²) < 4.78 is 17.4. The summed E-state index contributed by atoms with van der Waals surface area (Å²) in [5.41, 5.74) is 0.292. The van der Waals surface area contributed by atoms with Gasteiger partial charge in [0.15, 0.2) is 0 Å². The van der Waals surface area contributed by atoms with Crippen LogP contribution in [0.15, 0.2) is 29.4 Å². The normalized spacial score (nSPS) is 9.86. The summed E-state index contributed by atoms with van der Waals surface area (Å²) in [6, 6.07) is 5.82. The SMILES string of the molecule is O=[S-](=[N+]=Nc1cccc(O)c1)OOO. The van der Waals surface area contributed by atoms with Gasteiger partial charge in [-0.2, -0.15) is 0 Å². The third-order valence-corrected chi connectivity index (χ3v) is 1.53.